The first-order chi connectivity index (χ1) is 14.9. The lowest BCUT2D eigenvalue weighted by Gasteiger charge is -2.16. The number of hydrogen-bond acceptors (Lipinski definition) is 6. The maximum absolute atomic E-state index is 12.3. The molecule has 1 saturated carbocycles. The predicted octanol–water partition coefficient (Wildman–Crippen LogP) is 4.36. The standard InChI is InChI=1S/C22H23N5O3S/c1-14-4-3-5-16(12-14)13-31-22-25-24-20(15(2)23-21(28)17-6-7-17)26(22)18-8-10-19(11-9-18)27(29)30/h3-5,8-12,15,17H,6-7,13H2,1-2H3,(H,23,28). The van der Waals surface area contributed by atoms with Crippen LogP contribution >= 0.6 is 11.8 Å². The Labute approximate surface area is 184 Å². The third kappa shape index (κ3) is 4.93. The van der Waals surface area contributed by atoms with E-state index in [0.717, 1.165) is 12.8 Å². The van der Waals surface area contributed by atoms with Crippen LogP contribution in [0.3, 0.4) is 0 Å². The second-order valence-corrected chi connectivity index (χ2v) is 8.67. The fraction of sp³-hybridized carbons (Fsp3) is 0.318. The van der Waals surface area contributed by atoms with E-state index >= 15 is 0 Å². The van der Waals surface area contributed by atoms with Gasteiger partial charge in [0.25, 0.3) is 5.69 Å². The number of carbonyl (C=O) groups excluding carboxylic acids is 1. The lowest BCUT2D eigenvalue weighted by Crippen LogP contribution is -2.29. The Kier molecular flexibility index (Phi) is 6.03. The van der Waals surface area contributed by atoms with Gasteiger partial charge >= 0.3 is 0 Å². The van der Waals surface area contributed by atoms with Crippen molar-refractivity contribution in [1.29, 1.82) is 0 Å². The Morgan fingerprint density at radius 3 is 2.65 bits per heavy atom. The molecule has 0 aliphatic heterocycles. The first-order valence-corrected chi connectivity index (χ1v) is 11.1. The number of nitrogens with zero attached hydrogens (tertiary/aromatic N) is 4. The van der Waals surface area contributed by atoms with Crippen molar-refractivity contribution in [3.05, 3.63) is 75.6 Å². The zero-order chi connectivity index (χ0) is 22.0. The van der Waals surface area contributed by atoms with Crippen molar-refractivity contribution in [3.63, 3.8) is 0 Å². The van der Waals surface area contributed by atoms with E-state index in [-0.39, 0.29) is 23.6 Å². The number of nitro benzene ring substituents is 1. The van der Waals surface area contributed by atoms with E-state index in [0.29, 0.717) is 22.4 Å². The first-order valence-electron chi connectivity index (χ1n) is 10.1. The molecule has 4 rings (SSSR count). The number of nitro groups is 1. The summed E-state index contributed by atoms with van der Waals surface area (Å²) in [7, 11) is 0. The second kappa shape index (κ2) is 8.89. The number of aromatic nitrogens is 3. The Bertz CT molecular complexity index is 1110. The molecule has 1 aromatic heterocycles. The summed E-state index contributed by atoms with van der Waals surface area (Å²) in [5.41, 5.74) is 3.08. The van der Waals surface area contributed by atoms with Gasteiger partial charge < -0.3 is 5.32 Å². The smallest absolute Gasteiger partial charge is 0.269 e. The highest BCUT2D eigenvalue weighted by Crippen LogP contribution is 2.31. The molecule has 9 heteroatoms. The molecule has 0 saturated heterocycles. The third-order valence-corrected chi connectivity index (χ3v) is 6.12. The number of rotatable bonds is 8. The van der Waals surface area contributed by atoms with Gasteiger partial charge in [0, 0.05) is 29.5 Å². The highest BCUT2D eigenvalue weighted by atomic mass is 32.2. The maximum Gasteiger partial charge on any atom is 0.269 e. The maximum atomic E-state index is 12.3. The van der Waals surface area contributed by atoms with Crippen molar-refractivity contribution in [2.45, 2.75) is 43.6 Å². The van der Waals surface area contributed by atoms with Crippen molar-refractivity contribution >= 4 is 23.4 Å². The van der Waals surface area contributed by atoms with E-state index in [1.54, 1.807) is 12.1 Å². The van der Waals surface area contributed by atoms with Gasteiger partial charge in [-0.2, -0.15) is 0 Å². The molecular weight excluding hydrogens is 414 g/mol. The van der Waals surface area contributed by atoms with Gasteiger partial charge in [-0.05, 0) is 44.4 Å². The fourth-order valence-electron chi connectivity index (χ4n) is 3.31. The molecule has 3 aromatic rings. The Morgan fingerprint density at radius 2 is 2.00 bits per heavy atom. The summed E-state index contributed by atoms with van der Waals surface area (Å²) < 4.78 is 1.86. The molecule has 0 spiro atoms. The van der Waals surface area contributed by atoms with Crippen LogP contribution in [0.1, 0.15) is 42.8 Å². The van der Waals surface area contributed by atoms with Crippen molar-refractivity contribution in [1.82, 2.24) is 20.1 Å². The molecule has 1 aliphatic carbocycles. The third-order valence-electron chi connectivity index (χ3n) is 5.12. The molecule has 1 unspecified atom stereocenters. The van der Waals surface area contributed by atoms with Crippen LogP contribution in [0, 0.1) is 23.0 Å². The van der Waals surface area contributed by atoms with Crippen molar-refractivity contribution in [2.24, 2.45) is 5.92 Å². The van der Waals surface area contributed by atoms with Gasteiger partial charge in [0.1, 0.15) is 0 Å². The zero-order valence-electron chi connectivity index (χ0n) is 17.3. The summed E-state index contributed by atoms with van der Waals surface area (Å²) in [5, 5.41) is 23.4. The molecule has 1 aliphatic rings. The monoisotopic (exact) mass is 437 g/mol. The van der Waals surface area contributed by atoms with E-state index in [4.69, 9.17) is 0 Å². The van der Waals surface area contributed by atoms with Crippen LogP contribution in [0.25, 0.3) is 5.69 Å². The fourth-order valence-corrected chi connectivity index (χ4v) is 4.21. The Balaban J connectivity index is 1.64. The van der Waals surface area contributed by atoms with Gasteiger partial charge in [0.05, 0.1) is 11.0 Å². The summed E-state index contributed by atoms with van der Waals surface area (Å²) in [6, 6.07) is 14.2. The van der Waals surface area contributed by atoms with E-state index in [9.17, 15) is 14.9 Å². The van der Waals surface area contributed by atoms with Crippen LogP contribution in [-0.4, -0.2) is 25.6 Å². The minimum atomic E-state index is -0.428. The van der Waals surface area contributed by atoms with Crippen LogP contribution in [-0.2, 0) is 10.5 Å². The molecule has 1 atom stereocenters. The van der Waals surface area contributed by atoms with Gasteiger partial charge in [0.15, 0.2) is 11.0 Å². The first kappa shape index (κ1) is 21.0. The molecular formula is C22H23N5O3S. The van der Waals surface area contributed by atoms with Gasteiger partial charge in [0.2, 0.25) is 5.91 Å². The summed E-state index contributed by atoms with van der Waals surface area (Å²) in [6.07, 6.45) is 1.84. The van der Waals surface area contributed by atoms with E-state index in [1.165, 1.54) is 35.0 Å². The lowest BCUT2D eigenvalue weighted by molar-refractivity contribution is -0.384. The van der Waals surface area contributed by atoms with Crippen LogP contribution in [0.2, 0.25) is 0 Å². The largest absolute Gasteiger partial charge is 0.346 e. The van der Waals surface area contributed by atoms with Gasteiger partial charge in [-0.3, -0.25) is 19.5 Å². The summed E-state index contributed by atoms with van der Waals surface area (Å²) in [5.74, 6) is 1.41. The summed E-state index contributed by atoms with van der Waals surface area (Å²) >= 11 is 1.53. The van der Waals surface area contributed by atoms with Crippen LogP contribution in [0.4, 0.5) is 5.69 Å². The molecule has 8 nitrogen and oxygen atoms in total. The second-order valence-electron chi connectivity index (χ2n) is 7.73. The van der Waals surface area contributed by atoms with E-state index in [1.807, 2.05) is 17.6 Å². The lowest BCUT2D eigenvalue weighted by atomic mass is 10.2. The number of nitrogens with one attached hydrogen (secondary N) is 1. The summed E-state index contributed by atoms with van der Waals surface area (Å²) in [6.45, 7) is 3.93. The highest BCUT2D eigenvalue weighted by Gasteiger charge is 2.31. The Morgan fingerprint density at radius 1 is 1.26 bits per heavy atom. The molecule has 0 radical (unpaired) electrons. The summed E-state index contributed by atoms with van der Waals surface area (Å²) in [4.78, 5) is 22.9. The molecule has 1 N–H and O–H groups in total. The quantitative estimate of drug-likeness (QED) is 0.319. The molecule has 2 aromatic carbocycles. The minimum Gasteiger partial charge on any atom is -0.346 e. The molecule has 1 heterocycles. The topological polar surface area (TPSA) is 103 Å². The van der Waals surface area contributed by atoms with Crippen LogP contribution in [0.5, 0.6) is 0 Å². The minimum absolute atomic E-state index is 0.0161. The van der Waals surface area contributed by atoms with E-state index in [2.05, 4.69) is 40.6 Å². The SMILES string of the molecule is Cc1cccc(CSc2nnc(C(C)NC(=O)C3CC3)n2-c2ccc([N+](=O)[O-])cc2)c1. The number of hydrogen-bond donors (Lipinski definition) is 1. The average molecular weight is 438 g/mol. The van der Waals surface area contributed by atoms with Crippen molar-refractivity contribution < 1.29 is 9.72 Å². The normalized spacial score (nSPS) is 14.3. The van der Waals surface area contributed by atoms with Gasteiger partial charge in [-0.25, -0.2) is 0 Å². The Hall–Kier alpha value is -3.20. The van der Waals surface area contributed by atoms with Gasteiger partial charge in [-0.1, -0.05) is 41.6 Å². The molecule has 31 heavy (non-hydrogen) atoms. The van der Waals surface area contributed by atoms with Crippen LogP contribution in [0.15, 0.2) is 53.7 Å². The number of thioether (sulfide) groups is 1. The highest BCUT2D eigenvalue weighted by molar-refractivity contribution is 7.98. The molecule has 1 fully saturated rings. The number of non-ortho nitro benzene ring substituents is 1. The number of benzene rings is 2. The number of aryl methyl sites for hydroxylation is 1. The molecule has 160 valence electrons. The number of carbonyl (C=O) groups is 1. The van der Waals surface area contributed by atoms with E-state index < -0.39 is 4.92 Å². The molecule has 1 amide bonds. The number of amides is 1. The zero-order valence-corrected chi connectivity index (χ0v) is 18.1. The van der Waals surface area contributed by atoms with Crippen LogP contribution < -0.4 is 5.32 Å². The van der Waals surface area contributed by atoms with Crippen molar-refractivity contribution in [3.8, 4) is 5.69 Å². The van der Waals surface area contributed by atoms with Crippen molar-refractivity contribution in [2.75, 3.05) is 0 Å². The molecule has 0 bridgehead atoms. The van der Waals surface area contributed by atoms with Gasteiger partial charge in [-0.15, -0.1) is 10.2 Å². The average Bonchev–Trinajstić information content (AvgIpc) is 3.52. The predicted molar refractivity (Wildman–Crippen MR) is 118 cm³/mol.